The monoisotopic (exact) mass is 1490 g/mol. The Balaban J connectivity index is 0.618. The number of aliphatic hydroxyl groups excluding tert-OH is 1. The van der Waals surface area contributed by atoms with Gasteiger partial charge in [-0.05, 0) is 123 Å². The summed E-state index contributed by atoms with van der Waals surface area (Å²) in [6.07, 6.45) is -1.39. The molecule has 26 nitrogen and oxygen atoms in total. The van der Waals surface area contributed by atoms with Gasteiger partial charge in [0.2, 0.25) is 29.4 Å². The number of rotatable bonds is 40. The van der Waals surface area contributed by atoms with Crippen LogP contribution in [0.4, 0.5) is 29.7 Å². The van der Waals surface area contributed by atoms with Crippen molar-refractivity contribution in [1.29, 1.82) is 0 Å². The van der Waals surface area contributed by atoms with E-state index in [4.69, 9.17) is 43.6 Å². The highest BCUT2D eigenvalue weighted by Crippen LogP contribution is 2.72. The van der Waals surface area contributed by atoms with Crippen molar-refractivity contribution in [2.75, 3.05) is 89.3 Å². The second-order valence-electron chi connectivity index (χ2n) is 28.7. The van der Waals surface area contributed by atoms with Gasteiger partial charge in [0.25, 0.3) is 0 Å². The van der Waals surface area contributed by atoms with Crippen LogP contribution >= 0.6 is 0 Å². The van der Waals surface area contributed by atoms with Gasteiger partial charge in [-0.2, -0.15) is 0 Å². The van der Waals surface area contributed by atoms with Crippen molar-refractivity contribution < 1.29 is 99.7 Å². The van der Waals surface area contributed by atoms with E-state index < -0.39 is 119 Å². The number of anilines is 2. The van der Waals surface area contributed by atoms with Crippen molar-refractivity contribution in [1.82, 2.24) is 21.3 Å². The first kappa shape index (κ1) is 82.2. The number of para-hydroxylation sites is 1. The van der Waals surface area contributed by atoms with E-state index in [2.05, 4.69) is 38.4 Å². The van der Waals surface area contributed by atoms with Crippen LogP contribution < -0.4 is 37.2 Å². The largest absolute Gasteiger partial charge is 0.458 e. The van der Waals surface area contributed by atoms with E-state index in [1.54, 1.807) is 49.9 Å². The molecule has 2 aliphatic heterocycles. The Labute approximate surface area is 622 Å². The molecule has 0 bridgehead atoms. The Morgan fingerprint density at radius 3 is 2.14 bits per heavy atom. The summed E-state index contributed by atoms with van der Waals surface area (Å²) >= 11 is 0. The molecule has 1 saturated heterocycles. The first-order valence-corrected chi connectivity index (χ1v) is 37.0. The lowest BCUT2D eigenvalue weighted by Gasteiger charge is -2.63. The highest BCUT2D eigenvalue weighted by atomic mass is 19.1. The molecule has 9 rings (SSSR count). The zero-order chi connectivity index (χ0) is 76.9. The van der Waals surface area contributed by atoms with Crippen molar-refractivity contribution in [2.24, 2.45) is 40.2 Å². The van der Waals surface area contributed by atoms with Gasteiger partial charge < -0.3 is 80.2 Å². The number of carbonyl (C=O) groups is 10. The van der Waals surface area contributed by atoms with Gasteiger partial charge in [0.1, 0.15) is 12.8 Å². The fourth-order valence-corrected chi connectivity index (χ4v) is 15.7. The summed E-state index contributed by atoms with van der Waals surface area (Å²) in [5, 5.41) is 25.4. The van der Waals surface area contributed by atoms with Gasteiger partial charge in [0.15, 0.2) is 35.7 Å². The van der Waals surface area contributed by atoms with Gasteiger partial charge >= 0.3 is 18.1 Å². The third-order valence-corrected chi connectivity index (χ3v) is 21.2. The summed E-state index contributed by atoms with van der Waals surface area (Å²) in [6.45, 7) is 10.5. The number of carbonyl (C=O) groups excluding carboxylic acids is 10. The van der Waals surface area contributed by atoms with Crippen molar-refractivity contribution >= 4 is 70.4 Å². The molecule has 3 aromatic carbocycles. The van der Waals surface area contributed by atoms with Crippen LogP contribution in [0.1, 0.15) is 140 Å². The average molecular weight is 1490 g/mol. The topological polar surface area (TPSA) is 354 Å². The number of amides is 7. The number of nitrogens with zero attached hydrogens (tertiary/aromatic N) is 1. The lowest BCUT2D eigenvalue weighted by molar-refractivity contribution is -0.235. The predicted molar refractivity (Wildman–Crippen MR) is 387 cm³/mol. The number of allylic oxidation sites excluding steroid dienone is 4. The Morgan fingerprint density at radius 1 is 0.757 bits per heavy atom. The minimum absolute atomic E-state index is 0.00104. The molecule has 6 aliphatic rings. The zero-order valence-electron chi connectivity index (χ0n) is 61.5. The molecule has 0 spiro atoms. The Bertz CT molecular complexity index is 3810. The Kier molecular flexibility index (Phi) is 29.4. The molecule has 4 aliphatic carbocycles. The fraction of sp³-hybridized carbons (Fsp3) is 0.570. The van der Waals surface area contributed by atoms with Crippen molar-refractivity contribution in [3.63, 3.8) is 0 Å². The molecule has 3 aromatic rings. The smallest absolute Gasteiger partial charge is 0.407 e. The number of halogens is 2. The lowest BCUT2D eigenvalue weighted by Crippen LogP contribution is -2.71. The number of nitrogens with two attached hydrogens (primary N) is 1. The van der Waals surface area contributed by atoms with E-state index in [0.717, 1.165) is 22.8 Å². The molecular formula is C79H101F2N7O19. The van der Waals surface area contributed by atoms with Crippen molar-refractivity contribution in [2.45, 2.75) is 173 Å². The zero-order valence-corrected chi connectivity index (χ0v) is 61.5. The minimum Gasteiger partial charge on any atom is -0.458 e. The lowest BCUT2D eigenvalue weighted by atomic mass is 9.44. The second-order valence-corrected chi connectivity index (χ2v) is 28.7. The van der Waals surface area contributed by atoms with E-state index in [-0.39, 0.29) is 153 Å². The maximum atomic E-state index is 17.9. The number of alkyl carbamates (subject to hydrolysis) is 1. The molecule has 0 aromatic heterocycles. The van der Waals surface area contributed by atoms with Gasteiger partial charge in [-0.3, -0.25) is 38.4 Å². The van der Waals surface area contributed by atoms with Crippen LogP contribution in [0.3, 0.4) is 0 Å². The highest BCUT2D eigenvalue weighted by Gasteiger charge is 2.80. The Morgan fingerprint density at radius 2 is 1.43 bits per heavy atom. The number of ketones is 3. The quantitative estimate of drug-likeness (QED) is 0.0165. The Hall–Kier alpha value is -8.82. The predicted octanol–water partition coefficient (Wildman–Crippen LogP) is 7.42. The summed E-state index contributed by atoms with van der Waals surface area (Å²) in [7, 11) is 0. The molecule has 2 heterocycles. The van der Waals surface area contributed by atoms with Crippen LogP contribution in [0.5, 0.6) is 0 Å². The maximum Gasteiger partial charge on any atom is 0.407 e. The van der Waals surface area contributed by atoms with E-state index >= 15 is 8.78 Å². The van der Waals surface area contributed by atoms with Crippen LogP contribution in [0.25, 0.3) is 0 Å². The first-order valence-electron chi connectivity index (χ1n) is 37.0. The number of aliphatic hydroxyl groups is 1. The van der Waals surface area contributed by atoms with Crippen LogP contribution in [0, 0.1) is 46.3 Å². The number of nitrogens with one attached hydrogen (secondary N) is 5. The average Bonchev–Trinajstić information content (AvgIpc) is 1.18. The standard InChI is InChI=1S/C79H101F2N7O19/c1-6-13-71-106-66-45-58-59-44-61(80)60-43-57(89)28-30-76(60,4)78(59,81)64(91)46-77(58,5)79(66,107-71)65(92)49-104-70(96)19-12-32-85-75(99)105-48-51-20-24-56(25-21-51)86-73(97)54(17-11-31-84-74(82)98)42-63(90)72(50(2)3)87-68(94)29-34-100-36-38-102-40-41-103-39-37-101-35-33-83-67(93)26-27-69(95)88-47-55-16-8-7-14-52(55)22-23-53-15-9-10-18-62(53)88/h7-10,14-16,18,20-21,24-25,28,30,43,50,54,58-59,61,64,66,71-72,91H,6,11-13,17,19,26-27,29,31-42,44-49H2,1-5H3,(H,83,93)(H,85,99)(H,86,97)(H,87,94)(H3,82,84,98)/t54-,58+,59+,61+,64+,66-,71?,72+,76+,77+,78+,79-/m1/s1. The number of urea groups is 1. The number of alkyl halides is 2. The maximum absolute atomic E-state index is 17.9. The molecule has 7 amide bonds. The SMILES string of the molecule is CCCC1O[C@@H]2C[C@H]3[C@@H]4C[C@H](F)C5=CC(=O)C=C[C@]5(C)[C@@]4(F)[C@@H](O)C[C@]3(C)[C@]2(C(=O)COC(=O)CCCNC(=O)OCc2ccc(NC(=O)[C@H](CCCNC(N)=O)CC(=O)[C@@H](NC(=O)CCOCCOCCOCCOCCNC(=O)CCC(=O)N3Cc4ccccc4C#Cc4ccccc43)C(C)C)cc2)O1. The third-order valence-electron chi connectivity index (χ3n) is 21.2. The summed E-state index contributed by atoms with van der Waals surface area (Å²) in [5.41, 5.74) is 2.38. The summed E-state index contributed by atoms with van der Waals surface area (Å²) in [4.78, 5) is 133. The molecule has 12 atom stereocenters. The number of esters is 1. The summed E-state index contributed by atoms with van der Waals surface area (Å²) < 4.78 is 80.1. The van der Waals surface area contributed by atoms with Gasteiger partial charge in [-0.1, -0.05) is 94.5 Å². The number of Topliss-reactive ketones (excluding diaryl/α,β-unsaturated/α-hetero) is 2. The first-order chi connectivity index (χ1) is 51.3. The number of hydrogen-bond donors (Lipinski definition) is 7. The van der Waals surface area contributed by atoms with Crippen molar-refractivity contribution in [3.8, 4) is 11.8 Å². The molecular weight excluding hydrogens is 1390 g/mol. The van der Waals surface area contributed by atoms with Gasteiger partial charge in [-0.15, -0.1) is 0 Å². The number of primary amides is 1. The van der Waals surface area contributed by atoms with E-state index in [1.807, 2.05) is 55.5 Å². The molecule has 107 heavy (non-hydrogen) atoms. The van der Waals surface area contributed by atoms with Gasteiger partial charge in [0.05, 0.1) is 83.3 Å². The molecule has 28 heteroatoms. The van der Waals surface area contributed by atoms with Crippen LogP contribution in [-0.4, -0.2) is 185 Å². The molecule has 0 radical (unpaired) electrons. The van der Waals surface area contributed by atoms with E-state index in [1.165, 1.54) is 19.1 Å². The minimum atomic E-state index is -2.39. The third kappa shape index (κ3) is 20.3. The molecule has 1 unspecified atom stereocenters. The van der Waals surface area contributed by atoms with Gasteiger partial charge in [0, 0.05) is 91.2 Å². The number of benzene rings is 3. The highest BCUT2D eigenvalue weighted by molar-refractivity contribution is 6.02. The van der Waals surface area contributed by atoms with Crippen LogP contribution in [-0.2, 0) is 89.4 Å². The molecule has 4 fully saturated rings. The van der Waals surface area contributed by atoms with E-state index in [0.29, 0.717) is 62.6 Å². The fourth-order valence-electron chi connectivity index (χ4n) is 15.7. The molecule has 580 valence electrons. The van der Waals surface area contributed by atoms with Crippen LogP contribution in [0.15, 0.2) is 96.6 Å². The molecule has 3 saturated carbocycles. The summed E-state index contributed by atoms with van der Waals surface area (Å²) in [6, 6.07) is 19.9. The molecule has 8 N–H and O–H groups in total. The van der Waals surface area contributed by atoms with Crippen molar-refractivity contribution in [3.05, 3.63) is 119 Å². The second kappa shape index (κ2) is 38.3. The van der Waals surface area contributed by atoms with E-state index in [9.17, 15) is 53.1 Å². The normalized spacial score (nSPS) is 24.9. The van der Waals surface area contributed by atoms with Crippen LogP contribution in [0.2, 0.25) is 0 Å². The van der Waals surface area contributed by atoms with Gasteiger partial charge in [-0.25, -0.2) is 18.4 Å². The number of fused-ring (bicyclic) bond motifs is 9. The summed E-state index contributed by atoms with van der Waals surface area (Å²) in [5.74, 6) is -0.167. The number of ether oxygens (including phenoxy) is 8. The number of hydrogen-bond acceptors (Lipinski definition) is 19.